The monoisotopic (exact) mass is 338 g/mol. The average molecular weight is 338 g/mol. The molecule has 2 aromatic rings. The minimum atomic E-state index is -0.284. The van der Waals surface area contributed by atoms with E-state index >= 15 is 0 Å². The predicted molar refractivity (Wildman–Crippen MR) is 80.1 cm³/mol. The zero-order valence-corrected chi connectivity index (χ0v) is 12.7. The van der Waals surface area contributed by atoms with Crippen molar-refractivity contribution in [3.8, 4) is 9.75 Å². The van der Waals surface area contributed by atoms with E-state index in [4.69, 9.17) is 0 Å². The molecule has 0 fully saturated rings. The third kappa shape index (κ3) is 1.50. The van der Waals surface area contributed by atoms with Crippen molar-refractivity contribution in [2.45, 2.75) is 0 Å². The van der Waals surface area contributed by atoms with E-state index in [0.717, 1.165) is 0 Å². The molecule has 0 saturated carbocycles. The molecule has 0 amide bonds. The lowest BCUT2D eigenvalue weighted by molar-refractivity contribution is 0.107. The van der Waals surface area contributed by atoms with Gasteiger partial charge in [-0.3, -0.25) is 19.2 Å². The topological polar surface area (TPSA) is 68.3 Å². The van der Waals surface area contributed by atoms with Crippen LogP contribution < -0.4 is 0 Å². The van der Waals surface area contributed by atoms with Crippen LogP contribution in [0.2, 0.25) is 0 Å². The number of hydrogen-bond donors (Lipinski definition) is 0. The molecule has 4 rings (SSSR count). The zero-order valence-electron chi connectivity index (χ0n) is 9.42. The quantitative estimate of drug-likeness (QED) is 0.792. The van der Waals surface area contributed by atoms with Gasteiger partial charge in [-0.15, -0.1) is 22.7 Å². The Bertz CT molecular complexity index is 772. The molecule has 2 aliphatic heterocycles. The molecular weight excluding hydrogens is 336 g/mol. The molecule has 0 aromatic carbocycles. The third-order valence-electron chi connectivity index (χ3n) is 3.01. The highest BCUT2D eigenvalue weighted by molar-refractivity contribution is 8.28. The SMILES string of the molecule is O=C1SC(=O)c2c1csc2-c1scc2c1C(=O)SC2=O. The van der Waals surface area contributed by atoms with E-state index in [0.29, 0.717) is 55.5 Å². The van der Waals surface area contributed by atoms with Gasteiger partial charge in [-0.1, -0.05) is 0 Å². The summed E-state index contributed by atoms with van der Waals surface area (Å²) in [5.41, 5.74) is 1.58. The van der Waals surface area contributed by atoms with Gasteiger partial charge in [0.1, 0.15) is 0 Å². The van der Waals surface area contributed by atoms with E-state index in [1.54, 1.807) is 10.8 Å². The summed E-state index contributed by atoms with van der Waals surface area (Å²) in [6.45, 7) is 0. The van der Waals surface area contributed by atoms with Crippen molar-refractivity contribution in [1.82, 2.24) is 0 Å². The van der Waals surface area contributed by atoms with Gasteiger partial charge in [0.2, 0.25) is 20.5 Å². The third-order valence-corrected chi connectivity index (χ3v) is 6.72. The summed E-state index contributed by atoms with van der Waals surface area (Å²) in [6, 6.07) is 0. The standard InChI is InChI=1S/C12H2O4S4/c13-9-3-1-17-7(5(3)11(15)19-9)8-6-4(2-18-8)10(14)20-12(6)16/h1-2H. The first-order valence-electron chi connectivity index (χ1n) is 5.34. The predicted octanol–water partition coefficient (Wildman–Crippen LogP) is 3.53. The molecule has 0 saturated heterocycles. The molecule has 4 heterocycles. The van der Waals surface area contributed by atoms with Crippen molar-refractivity contribution in [2.75, 3.05) is 0 Å². The fraction of sp³-hybridized carbons (Fsp3) is 0. The summed E-state index contributed by atoms with van der Waals surface area (Å²) in [6.07, 6.45) is 0. The smallest absolute Gasteiger partial charge is 0.229 e. The van der Waals surface area contributed by atoms with Crippen LogP contribution in [0.4, 0.5) is 0 Å². The average Bonchev–Trinajstić information content (AvgIpc) is 3.09. The van der Waals surface area contributed by atoms with Gasteiger partial charge in [0.15, 0.2) is 0 Å². The summed E-state index contributed by atoms with van der Waals surface area (Å²) in [4.78, 5) is 48.3. The van der Waals surface area contributed by atoms with Crippen LogP contribution in [0.3, 0.4) is 0 Å². The Morgan fingerprint density at radius 2 is 1.00 bits per heavy atom. The van der Waals surface area contributed by atoms with Gasteiger partial charge in [-0.2, -0.15) is 0 Å². The number of thioether (sulfide) groups is 2. The second-order valence-corrected chi connectivity index (χ2v) is 7.71. The van der Waals surface area contributed by atoms with Crippen LogP contribution in [0.25, 0.3) is 9.75 Å². The Kier molecular flexibility index (Phi) is 2.59. The number of carbonyl (C=O) groups is 4. The summed E-state index contributed by atoms with van der Waals surface area (Å²) in [5.74, 6) is 0. The van der Waals surface area contributed by atoms with Gasteiger partial charge in [0.05, 0.1) is 32.0 Å². The van der Waals surface area contributed by atoms with Crippen molar-refractivity contribution >= 4 is 66.7 Å². The molecule has 0 radical (unpaired) electrons. The van der Waals surface area contributed by atoms with Crippen LogP contribution in [0.5, 0.6) is 0 Å². The maximum Gasteiger partial charge on any atom is 0.229 e. The van der Waals surface area contributed by atoms with Crippen molar-refractivity contribution in [3.05, 3.63) is 33.0 Å². The highest BCUT2D eigenvalue weighted by Crippen LogP contribution is 2.48. The van der Waals surface area contributed by atoms with E-state index < -0.39 is 0 Å². The van der Waals surface area contributed by atoms with Crippen LogP contribution in [0.1, 0.15) is 41.4 Å². The second kappa shape index (κ2) is 4.14. The number of thiophene rings is 2. The summed E-state index contributed by atoms with van der Waals surface area (Å²) in [5, 5.41) is 2.21. The maximum absolute atomic E-state index is 11.9. The molecule has 0 unspecified atom stereocenters. The molecular formula is C12H2O4S4. The normalized spacial score (nSPS) is 17.0. The van der Waals surface area contributed by atoms with Crippen molar-refractivity contribution < 1.29 is 19.2 Å². The molecule has 0 N–H and O–H groups in total. The molecule has 2 aromatic heterocycles. The van der Waals surface area contributed by atoms with Gasteiger partial charge in [0.25, 0.3) is 0 Å². The summed E-state index contributed by atoms with van der Waals surface area (Å²) in [7, 11) is 0. The molecule has 20 heavy (non-hydrogen) atoms. The molecule has 0 atom stereocenters. The molecule has 98 valence electrons. The molecule has 0 bridgehead atoms. The minimum Gasteiger partial charge on any atom is -0.281 e. The maximum atomic E-state index is 11.9. The van der Waals surface area contributed by atoms with E-state index in [-0.39, 0.29) is 20.5 Å². The van der Waals surface area contributed by atoms with E-state index in [9.17, 15) is 19.2 Å². The molecule has 0 aliphatic carbocycles. The summed E-state index contributed by atoms with van der Waals surface area (Å²) < 4.78 is 0. The Balaban J connectivity index is 1.98. The Labute approximate surface area is 128 Å². The minimum absolute atomic E-state index is 0.252. The van der Waals surface area contributed by atoms with E-state index in [1.807, 2.05) is 0 Å². The van der Waals surface area contributed by atoms with Crippen LogP contribution in [0, 0.1) is 0 Å². The van der Waals surface area contributed by atoms with Crippen molar-refractivity contribution in [2.24, 2.45) is 0 Å². The number of rotatable bonds is 1. The van der Waals surface area contributed by atoms with Crippen molar-refractivity contribution in [1.29, 1.82) is 0 Å². The fourth-order valence-corrected chi connectivity index (χ4v) is 6.19. The first-order chi connectivity index (χ1) is 9.58. The van der Waals surface area contributed by atoms with Crippen LogP contribution >= 0.6 is 46.2 Å². The Morgan fingerprint density at radius 3 is 1.40 bits per heavy atom. The summed E-state index contributed by atoms with van der Waals surface area (Å²) >= 11 is 3.89. The van der Waals surface area contributed by atoms with E-state index in [1.165, 1.54) is 22.7 Å². The molecule has 4 nitrogen and oxygen atoms in total. The molecule has 0 spiro atoms. The molecule has 8 heteroatoms. The van der Waals surface area contributed by atoms with Gasteiger partial charge in [-0.25, -0.2) is 0 Å². The zero-order chi connectivity index (χ0) is 14.0. The van der Waals surface area contributed by atoms with Crippen LogP contribution in [0.15, 0.2) is 10.8 Å². The van der Waals surface area contributed by atoms with Gasteiger partial charge < -0.3 is 0 Å². The molecule has 2 aliphatic rings. The lowest BCUT2D eigenvalue weighted by atomic mass is 10.1. The second-order valence-electron chi connectivity index (χ2n) is 4.06. The van der Waals surface area contributed by atoms with Gasteiger partial charge in [-0.05, 0) is 23.5 Å². The Hall–Kier alpha value is -1.22. The number of fused-ring (bicyclic) bond motifs is 2. The van der Waals surface area contributed by atoms with Crippen LogP contribution in [-0.4, -0.2) is 20.5 Å². The van der Waals surface area contributed by atoms with Gasteiger partial charge in [0, 0.05) is 10.8 Å². The highest BCUT2D eigenvalue weighted by atomic mass is 32.2. The fourth-order valence-electron chi connectivity index (χ4n) is 2.14. The number of hydrogen-bond acceptors (Lipinski definition) is 8. The van der Waals surface area contributed by atoms with Crippen molar-refractivity contribution in [3.63, 3.8) is 0 Å². The number of carbonyl (C=O) groups excluding carboxylic acids is 4. The Morgan fingerprint density at radius 1 is 0.600 bits per heavy atom. The highest BCUT2D eigenvalue weighted by Gasteiger charge is 2.38. The van der Waals surface area contributed by atoms with E-state index in [2.05, 4.69) is 0 Å². The largest absolute Gasteiger partial charge is 0.281 e. The van der Waals surface area contributed by atoms with Gasteiger partial charge >= 0.3 is 0 Å². The first kappa shape index (κ1) is 12.5. The lowest BCUT2D eigenvalue weighted by Crippen LogP contribution is -1.92. The lowest BCUT2D eigenvalue weighted by Gasteiger charge is -1.98. The van der Waals surface area contributed by atoms with Crippen LogP contribution in [-0.2, 0) is 0 Å². The first-order valence-corrected chi connectivity index (χ1v) is 8.73.